The highest BCUT2D eigenvalue weighted by atomic mass is 16.5. The van der Waals surface area contributed by atoms with Crippen LogP contribution in [0.1, 0.15) is 28.4 Å². The Labute approximate surface area is 119 Å². The van der Waals surface area contributed by atoms with Crippen LogP contribution in [-0.2, 0) is 0 Å². The molecule has 0 aromatic heterocycles. The first-order valence-electron chi connectivity index (χ1n) is 6.61. The van der Waals surface area contributed by atoms with Crippen LogP contribution in [0, 0.1) is 13.8 Å². The van der Waals surface area contributed by atoms with Crippen molar-refractivity contribution in [2.45, 2.75) is 26.9 Å². The van der Waals surface area contributed by atoms with Gasteiger partial charge in [0.1, 0.15) is 5.75 Å². The largest absolute Gasteiger partial charge is 0.480 e. The molecule has 0 fully saturated rings. The quantitative estimate of drug-likeness (QED) is 0.682. The van der Waals surface area contributed by atoms with Crippen molar-refractivity contribution in [2.75, 3.05) is 5.73 Å². The molecule has 0 heterocycles. The fraction of sp³-hybridized carbons (Fsp3) is 0.235. The van der Waals surface area contributed by atoms with E-state index in [2.05, 4.69) is 0 Å². The molecule has 3 nitrogen and oxygen atoms in total. The van der Waals surface area contributed by atoms with Gasteiger partial charge in [0.15, 0.2) is 6.10 Å². The van der Waals surface area contributed by atoms with Crippen molar-refractivity contribution in [1.82, 2.24) is 0 Å². The Morgan fingerprint density at radius 1 is 1.15 bits per heavy atom. The van der Waals surface area contributed by atoms with Crippen molar-refractivity contribution in [2.24, 2.45) is 0 Å². The lowest BCUT2D eigenvalue weighted by atomic mass is 10.00. The molecule has 20 heavy (non-hydrogen) atoms. The first-order chi connectivity index (χ1) is 9.49. The second-order valence-electron chi connectivity index (χ2n) is 4.98. The Kier molecular flexibility index (Phi) is 4.08. The van der Waals surface area contributed by atoms with E-state index in [-0.39, 0.29) is 5.78 Å². The molecule has 0 radical (unpaired) electrons. The lowest BCUT2D eigenvalue weighted by Crippen LogP contribution is -2.25. The number of anilines is 1. The number of ether oxygens (including phenoxy) is 1. The smallest absolute Gasteiger partial charge is 0.203 e. The molecule has 0 bridgehead atoms. The fourth-order valence-electron chi connectivity index (χ4n) is 2.14. The maximum Gasteiger partial charge on any atom is 0.203 e. The molecule has 0 saturated heterocycles. The Balaban J connectivity index is 2.19. The first kappa shape index (κ1) is 14.1. The minimum absolute atomic E-state index is 0.0363. The van der Waals surface area contributed by atoms with Gasteiger partial charge in [-0.1, -0.05) is 35.9 Å². The first-order valence-corrected chi connectivity index (χ1v) is 6.61. The van der Waals surface area contributed by atoms with Crippen LogP contribution in [0.4, 0.5) is 5.69 Å². The van der Waals surface area contributed by atoms with Crippen LogP contribution in [0.5, 0.6) is 5.75 Å². The average Bonchev–Trinajstić information content (AvgIpc) is 2.40. The van der Waals surface area contributed by atoms with Crippen LogP contribution < -0.4 is 10.5 Å². The third-order valence-electron chi connectivity index (χ3n) is 3.24. The highest BCUT2D eigenvalue weighted by Gasteiger charge is 2.19. The number of carbonyl (C=O) groups excluding carboxylic acids is 1. The molecule has 3 heteroatoms. The number of para-hydroxylation sites is 2. The minimum atomic E-state index is -0.568. The molecule has 2 aromatic rings. The molecule has 0 amide bonds. The summed E-state index contributed by atoms with van der Waals surface area (Å²) in [7, 11) is 0. The van der Waals surface area contributed by atoms with E-state index in [4.69, 9.17) is 10.5 Å². The van der Waals surface area contributed by atoms with E-state index in [1.54, 1.807) is 19.1 Å². The van der Waals surface area contributed by atoms with E-state index in [1.165, 1.54) is 0 Å². The molecule has 2 N–H and O–H groups in total. The van der Waals surface area contributed by atoms with Crippen LogP contribution >= 0.6 is 0 Å². The zero-order chi connectivity index (χ0) is 14.7. The Morgan fingerprint density at radius 2 is 1.85 bits per heavy atom. The number of Topliss-reactive ketones (excluding diaryl/α,β-unsaturated/α-hetero) is 1. The number of rotatable bonds is 4. The summed E-state index contributed by atoms with van der Waals surface area (Å²) in [5, 5.41) is 0. The van der Waals surface area contributed by atoms with Gasteiger partial charge in [0.25, 0.3) is 0 Å². The molecular formula is C17H19NO2. The Bertz CT molecular complexity index is 635. The summed E-state index contributed by atoms with van der Waals surface area (Å²) in [6.45, 7) is 5.68. The van der Waals surface area contributed by atoms with Gasteiger partial charge < -0.3 is 10.5 Å². The predicted molar refractivity (Wildman–Crippen MR) is 81.2 cm³/mol. The normalized spacial score (nSPS) is 11.9. The molecule has 0 saturated carbocycles. The summed E-state index contributed by atoms with van der Waals surface area (Å²) < 4.78 is 5.67. The van der Waals surface area contributed by atoms with Gasteiger partial charge in [-0.25, -0.2) is 0 Å². The van der Waals surface area contributed by atoms with Gasteiger partial charge in [0.2, 0.25) is 5.78 Å². The van der Waals surface area contributed by atoms with E-state index in [9.17, 15) is 4.79 Å². The molecule has 1 unspecified atom stereocenters. The van der Waals surface area contributed by atoms with Gasteiger partial charge in [-0.15, -0.1) is 0 Å². The van der Waals surface area contributed by atoms with Gasteiger partial charge in [-0.05, 0) is 38.5 Å². The van der Waals surface area contributed by atoms with Crippen molar-refractivity contribution in [3.63, 3.8) is 0 Å². The van der Waals surface area contributed by atoms with Crippen molar-refractivity contribution >= 4 is 11.5 Å². The summed E-state index contributed by atoms with van der Waals surface area (Å²) >= 11 is 0. The monoisotopic (exact) mass is 269 g/mol. The second-order valence-corrected chi connectivity index (χ2v) is 4.98. The number of carbonyl (C=O) groups is 1. The predicted octanol–water partition coefficient (Wildman–Crippen LogP) is 3.54. The number of benzene rings is 2. The van der Waals surface area contributed by atoms with E-state index in [1.807, 2.05) is 44.2 Å². The highest BCUT2D eigenvalue weighted by molar-refractivity contribution is 6.00. The maximum atomic E-state index is 12.4. The molecule has 0 aliphatic rings. The molecule has 1 atom stereocenters. The van der Waals surface area contributed by atoms with E-state index in [0.29, 0.717) is 17.0 Å². The Morgan fingerprint density at radius 3 is 2.50 bits per heavy atom. The maximum absolute atomic E-state index is 12.4. The standard InChI is InChI=1S/C17H19NO2/c1-11-8-9-14(12(2)10-11)17(19)13(3)20-16-7-5-4-6-15(16)18/h4-10,13H,18H2,1-3H3. The highest BCUT2D eigenvalue weighted by Crippen LogP contribution is 2.22. The molecule has 2 rings (SSSR count). The number of nitrogens with two attached hydrogens (primary N) is 1. The van der Waals surface area contributed by atoms with E-state index < -0.39 is 6.10 Å². The van der Waals surface area contributed by atoms with Crippen LogP contribution in [0.3, 0.4) is 0 Å². The molecule has 0 spiro atoms. The number of hydrogen-bond donors (Lipinski definition) is 1. The zero-order valence-electron chi connectivity index (χ0n) is 12.0. The summed E-state index contributed by atoms with van der Waals surface area (Å²) in [6, 6.07) is 13.0. The van der Waals surface area contributed by atoms with Crippen LogP contribution in [0.2, 0.25) is 0 Å². The third-order valence-corrected chi connectivity index (χ3v) is 3.24. The van der Waals surface area contributed by atoms with Crippen molar-refractivity contribution in [1.29, 1.82) is 0 Å². The number of ketones is 1. The fourth-order valence-corrected chi connectivity index (χ4v) is 2.14. The molecule has 2 aromatic carbocycles. The van der Waals surface area contributed by atoms with Gasteiger partial charge in [-0.3, -0.25) is 4.79 Å². The zero-order valence-corrected chi connectivity index (χ0v) is 12.0. The topological polar surface area (TPSA) is 52.3 Å². The summed E-state index contributed by atoms with van der Waals surface area (Å²) in [5.41, 5.74) is 9.15. The van der Waals surface area contributed by atoms with Gasteiger partial charge in [0.05, 0.1) is 5.69 Å². The molecular weight excluding hydrogens is 250 g/mol. The lowest BCUT2D eigenvalue weighted by molar-refractivity contribution is 0.0818. The minimum Gasteiger partial charge on any atom is -0.480 e. The molecule has 0 aliphatic carbocycles. The second kappa shape index (κ2) is 5.78. The SMILES string of the molecule is Cc1ccc(C(=O)C(C)Oc2ccccc2N)c(C)c1. The summed E-state index contributed by atoms with van der Waals surface area (Å²) in [5.74, 6) is 0.504. The van der Waals surface area contributed by atoms with Crippen molar-refractivity contribution in [3.05, 3.63) is 59.2 Å². The van der Waals surface area contributed by atoms with Crippen LogP contribution in [0.15, 0.2) is 42.5 Å². The van der Waals surface area contributed by atoms with E-state index >= 15 is 0 Å². The molecule has 0 aliphatic heterocycles. The Hall–Kier alpha value is -2.29. The molecule has 104 valence electrons. The third kappa shape index (κ3) is 2.99. The van der Waals surface area contributed by atoms with Gasteiger partial charge in [-0.2, -0.15) is 0 Å². The van der Waals surface area contributed by atoms with Crippen LogP contribution in [0.25, 0.3) is 0 Å². The number of hydrogen-bond acceptors (Lipinski definition) is 3. The van der Waals surface area contributed by atoms with E-state index in [0.717, 1.165) is 11.1 Å². The van der Waals surface area contributed by atoms with Crippen molar-refractivity contribution < 1.29 is 9.53 Å². The number of aryl methyl sites for hydroxylation is 2. The van der Waals surface area contributed by atoms with Gasteiger partial charge in [0, 0.05) is 5.56 Å². The number of nitrogen functional groups attached to an aromatic ring is 1. The van der Waals surface area contributed by atoms with Gasteiger partial charge >= 0.3 is 0 Å². The van der Waals surface area contributed by atoms with Crippen LogP contribution in [-0.4, -0.2) is 11.9 Å². The summed E-state index contributed by atoms with van der Waals surface area (Å²) in [4.78, 5) is 12.4. The summed E-state index contributed by atoms with van der Waals surface area (Å²) in [6.07, 6.45) is -0.568. The average molecular weight is 269 g/mol. The van der Waals surface area contributed by atoms with Crippen molar-refractivity contribution in [3.8, 4) is 5.75 Å². The lowest BCUT2D eigenvalue weighted by Gasteiger charge is -2.16.